The number of benzene rings is 2. The van der Waals surface area contributed by atoms with E-state index >= 15 is 0 Å². The summed E-state index contributed by atoms with van der Waals surface area (Å²) in [5, 5.41) is 8.95. The Hall–Kier alpha value is -2.11. The molecule has 0 heterocycles. The SMILES string of the molecule is C/C(=C/CO)Cc1ccccc1NS(=O)(=O)c1ccc(C)cc1. The van der Waals surface area contributed by atoms with E-state index in [-0.39, 0.29) is 11.5 Å². The van der Waals surface area contributed by atoms with E-state index in [1.807, 2.05) is 26.0 Å². The van der Waals surface area contributed by atoms with Gasteiger partial charge in [0.1, 0.15) is 0 Å². The highest BCUT2D eigenvalue weighted by atomic mass is 32.2. The number of aliphatic hydroxyl groups excluding tert-OH is 1. The fourth-order valence-electron chi connectivity index (χ4n) is 2.22. The van der Waals surface area contributed by atoms with Crippen LogP contribution in [0.5, 0.6) is 0 Å². The number of sulfonamides is 1. The summed E-state index contributed by atoms with van der Waals surface area (Å²) in [6.45, 7) is 3.79. The highest BCUT2D eigenvalue weighted by Gasteiger charge is 2.15. The molecule has 2 N–H and O–H groups in total. The maximum Gasteiger partial charge on any atom is 0.261 e. The molecule has 122 valence electrons. The summed E-state index contributed by atoms with van der Waals surface area (Å²) in [6.07, 6.45) is 2.29. The van der Waals surface area contributed by atoms with Gasteiger partial charge in [-0.15, -0.1) is 0 Å². The predicted octanol–water partition coefficient (Wildman–Crippen LogP) is 3.28. The summed E-state index contributed by atoms with van der Waals surface area (Å²) in [5.41, 5.74) is 3.41. The van der Waals surface area contributed by atoms with Crippen LogP contribution in [-0.4, -0.2) is 20.1 Å². The van der Waals surface area contributed by atoms with Crippen LogP contribution in [-0.2, 0) is 16.4 Å². The summed E-state index contributed by atoms with van der Waals surface area (Å²) in [6, 6.07) is 14.0. The number of nitrogens with one attached hydrogen (secondary N) is 1. The van der Waals surface area contributed by atoms with Crippen LogP contribution in [0.2, 0.25) is 0 Å². The third-order valence-electron chi connectivity index (χ3n) is 3.50. The first kappa shape index (κ1) is 17.2. The minimum Gasteiger partial charge on any atom is -0.392 e. The lowest BCUT2D eigenvalue weighted by atomic mass is 10.0. The topological polar surface area (TPSA) is 66.4 Å². The van der Waals surface area contributed by atoms with Crippen LogP contribution in [0, 0.1) is 6.92 Å². The van der Waals surface area contributed by atoms with Crippen LogP contribution in [0.15, 0.2) is 65.1 Å². The number of anilines is 1. The third kappa shape index (κ3) is 4.68. The lowest BCUT2D eigenvalue weighted by Crippen LogP contribution is -2.14. The number of para-hydroxylation sites is 1. The second-order valence-corrected chi connectivity index (χ2v) is 7.17. The maximum atomic E-state index is 12.5. The van der Waals surface area contributed by atoms with E-state index in [1.54, 1.807) is 42.5 Å². The minimum atomic E-state index is -3.62. The molecule has 0 aliphatic carbocycles. The van der Waals surface area contributed by atoms with Gasteiger partial charge < -0.3 is 5.11 Å². The van der Waals surface area contributed by atoms with Gasteiger partial charge in [-0.2, -0.15) is 0 Å². The largest absolute Gasteiger partial charge is 0.392 e. The molecule has 4 nitrogen and oxygen atoms in total. The maximum absolute atomic E-state index is 12.5. The van der Waals surface area contributed by atoms with Crippen molar-refractivity contribution < 1.29 is 13.5 Å². The Kier molecular flexibility index (Phi) is 5.58. The van der Waals surface area contributed by atoms with E-state index in [0.717, 1.165) is 16.7 Å². The zero-order valence-corrected chi connectivity index (χ0v) is 14.1. The predicted molar refractivity (Wildman–Crippen MR) is 93.0 cm³/mol. The number of aliphatic hydroxyl groups is 1. The normalized spacial score (nSPS) is 12.2. The van der Waals surface area contributed by atoms with Crippen molar-refractivity contribution in [2.75, 3.05) is 11.3 Å². The summed E-state index contributed by atoms with van der Waals surface area (Å²) >= 11 is 0. The van der Waals surface area contributed by atoms with E-state index in [4.69, 9.17) is 5.11 Å². The first-order chi connectivity index (χ1) is 10.9. The molecule has 0 aliphatic rings. The van der Waals surface area contributed by atoms with Crippen molar-refractivity contribution in [3.8, 4) is 0 Å². The van der Waals surface area contributed by atoms with Crippen LogP contribution in [0.1, 0.15) is 18.1 Å². The van der Waals surface area contributed by atoms with Gasteiger partial charge in [-0.25, -0.2) is 8.42 Å². The van der Waals surface area contributed by atoms with Crippen LogP contribution in [0.3, 0.4) is 0 Å². The smallest absolute Gasteiger partial charge is 0.261 e. The number of rotatable bonds is 6. The molecule has 2 aromatic rings. The van der Waals surface area contributed by atoms with Gasteiger partial charge in [0.15, 0.2) is 0 Å². The highest BCUT2D eigenvalue weighted by molar-refractivity contribution is 7.92. The molecule has 0 fully saturated rings. The van der Waals surface area contributed by atoms with Gasteiger partial charge >= 0.3 is 0 Å². The third-order valence-corrected chi connectivity index (χ3v) is 4.88. The average Bonchev–Trinajstić information content (AvgIpc) is 2.50. The monoisotopic (exact) mass is 331 g/mol. The Morgan fingerprint density at radius 2 is 1.78 bits per heavy atom. The van der Waals surface area contributed by atoms with E-state index < -0.39 is 10.0 Å². The van der Waals surface area contributed by atoms with Crippen LogP contribution in [0.25, 0.3) is 0 Å². The average molecular weight is 331 g/mol. The van der Waals surface area contributed by atoms with E-state index in [0.29, 0.717) is 12.1 Å². The van der Waals surface area contributed by atoms with Crippen molar-refractivity contribution in [3.05, 3.63) is 71.3 Å². The lowest BCUT2D eigenvalue weighted by Gasteiger charge is -2.13. The van der Waals surface area contributed by atoms with Crippen molar-refractivity contribution in [1.82, 2.24) is 0 Å². The zero-order chi connectivity index (χ0) is 16.9. The standard InChI is InChI=1S/C18H21NO3S/c1-14-7-9-17(10-8-14)23(21,22)19-18-6-4-3-5-16(18)13-15(2)11-12-20/h3-11,19-20H,12-13H2,1-2H3/b15-11-. The molecule has 2 aromatic carbocycles. The van der Waals surface area contributed by atoms with Crippen LogP contribution in [0.4, 0.5) is 5.69 Å². The molecule has 23 heavy (non-hydrogen) atoms. The van der Waals surface area contributed by atoms with E-state index in [9.17, 15) is 8.42 Å². The van der Waals surface area contributed by atoms with Gasteiger partial charge in [0.25, 0.3) is 10.0 Å². The molecule has 0 aliphatic heterocycles. The van der Waals surface area contributed by atoms with Gasteiger partial charge in [-0.05, 0) is 44.0 Å². The van der Waals surface area contributed by atoms with Crippen molar-refractivity contribution in [2.24, 2.45) is 0 Å². The van der Waals surface area contributed by atoms with Crippen molar-refractivity contribution in [2.45, 2.75) is 25.2 Å². The number of hydrogen-bond acceptors (Lipinski definition) is 3. The molecule has 2 rings (SSSR count). The summed E-state index contributed by atoms with van der Waals surface area (Å²) in [7, 11) is -3.62. The molecule has 5 heteroatoms. The zero-order valence-electron chi connectivity index (χ0n) is 13.3. The van der Waals surface area contributed by atoms with Gasteiger partial charge in [0, 0.05) is 0 Å². The van der Waals surface area contributed by atoms with Gasteiger partial charge in [-0.3, -0.25) is 4.72 Å². The summed E-state index contributed by atoms with van der Waals surface area (Å²) in [4.78, 5) is 0.237. The molecule has 0 spiro atoms. The Morgan fingerprint density at radius 3 is 2.43 bits per heavy atom. The second-order valence-electron chi connectivity index (χ2n) is 5.49. The first-order valence-electron chi connectivity index (χ1n) is 7.36. The quantitative estimate of drug-likeness (QED) is 0.798. The van der Waals surface area contributed by atoms with E-state index in [1.165, 1.54) is 0 Å². The molecule has 0 aromatic heterocycles. The van der Waals surface area contributed by atoms with Gasteiger partial charge in [0.05, 0.1) is 17.2 Å². The molecule has 0 bridgehead atoms. The minimum absolute atomic E-state index is 0.0247. The molecule has 0 saturated carbocycles. The number of aryl methyl sites for hydroxylation is 1. The van der Waals surface area contributed by atoms with Crippen LogP contribution < -0.4 is 4.72 Å². The fourth-order valence-corrected chi connectivity index (χ4v) is 3.32. The van der Waals surface area contributed by atoms with E-state index in [2.05, 4.69) is 4.72 Å². The molecule has 0 atom stereocenters. The highest BCUT2D eigenvalue weighted by Crippen LogP contribution is 2.22. The van der Waals surface area contributed by atoms with Crippen molar-refractivity contribution >= 4 is 15.7 Å². The Morgan fingerprint density at radius 1 is 1.13 bits per heavy atom. The van der Waals surface area contributed by atoms with Gasteiger partial charge in [0.2, 0.25) is 0 Å². The molecular weight excluding hydrogens is 310 g/mol. The van der Waals surface area contributed by atoms with Crippen molar-refractivity contribution in [3.63, 3.8) is 0 Å². The molecule has 0 unspecified atom stereocenters. The van der Waals surface area contributed by atoms with Crippen LogP contribution >= 0.6 is 0 Å². The fraction of sp³-hybridized carbons (Fsp3) is 0.222. The molecular formula is C18H21NO3S. The number of hydrogen-bond donors (Lipinski definition) is 2. The Labute approximate surface area is 137 Å². The van der Waals surface area contributed by atoms with Gasteiger partial charge in [-0.1, -0.05) is 47.5 Å². The summed E-state index contributed by atoms with van der Waals surface area (Å²) in [5.74, 6) is 0. The number of allylic oxidation sites excluding steroid dienone is 1. The Balaban J connectivity index is 2.29. The Bertz CT molecular complexity index is 793. The summed E-state index contributed by atoms with van der Waals surface area (Å²) < 4.78 is 27.7. The second kappa shape index (κ2) is 7.44. The van der Waals surface area contributed by atoms with Crippen molar-refractivity contribution in [1.29, 1.82) is 0 Å². The molecule has 0 radical (unpaired) electrons. The lowest BCUT2D eigenvalue weighted by molar-refractivity contribution is 0.341. The molecule has 0 amide bonds. The first-order valence-corrected chi connectivity index (χ1v) is 8.84. The molecule has 0 saturated heterocycles.